The molecule has 1 saturated heterocycles. The van der Waals surface area contributed by atoms with Crippen molar-refractivity contribution in [3.8, 4) is 0 Å². The second-order valence-corrected chi connectivity index (χ2v) is 10.5. The van der Waals surface area contributed by atoms with Crippen LogP contribution in [-0.4, -0.2) is 21.5 Å². The maximum Gasteiger partial charge on any atom is 0.227 e. The molecular formula is C20H27NOS2. The molecule has 1 amide bonds. The number of anilines is 1. The van der Waals surface area contributed by atoms with Gasteiger partial charge in [-0.25, -0.2) is 0 Å². The maximum absolute atomic E-state index is 12.9. The molecule has 2 saturated carbocycles. The highest BCUT2D eigenvalue weighted by atomic mass is 32.2. The summed E-state index contributed by atoms with van der Waals surface area (Å²) in [4.78, 5) is 12.9. The fourth-order valence-corrected chi connectivity index (χ4v) is 8.87. The van der Waals surface area contributed by atoms with Crippen molar-refractivity contribution in [2.75, 3.05) is 16.8 Å². The van der Waals surface area contributed by atoms with Gasteiger partial charge in [0.2, 0.25) is 5.91 Å². The average molecular weight is 362 g/mol. The van der Waals surface area contributed by atoms with E-state index in [4.69, 9.17) is 0 Å². The van der Waals surface area contributed by atoms with Crippen LogP contribution in [0.25, 0.3) is 0 Å². The molecule has 4 heteroatoms. The van der Waals surface area contributed by atoms with Crippen molar-refractivity contribution in [3.63, 3.8) is 0 Å². The van der Waals surface area contributed by atoms with E-state index in [2.05, 4.69) is 47.9 Å². The van der Waals surface area contributed by atoms with Crippen LogP contribution in [0.3, 0.4) is 0 Å². The molecule has 24 heavy (non-hydrogen) atoms. The average Bonchev–Trinajstić information content (AvgIpc) is 3.04. The Labute approximate surface area is 153 Å². The molecule has 4 rings (SSSR count). The monoisotopic (exact) mass is 361 g/mol. The highest BCUT2D eigenvalue weighted by Gasteiger charge is 2.55. The predicted octanol–water partition coefficient (Wildman–Crippen LogP) is 5.19. The second-order valence-electron chi connectivity index (χ2n) is 7.45. The lowest BCUT2D eigenvalue weighted by Crippen LogP contribution is -2.48. The number of thioether (sulfide) groups is 2. The van der Waals surface area contributed by atoms with Crippen molar-refractivity contribution in [2.45, 2.75) is 49.5 Å². The normalized spacial score (nSPS) is 31.1. The Balaban J connectivity index is 1.46. The number of nitrogens with one attached hydrogen (secondary N) is 1. The van der Waals surface area contributed by atoms with E-state index < -0.39 is 0 Å². The smallest absolute Gasteiger partial charge is 0.227 e. The van der Waals surface area contributed by atoms with E-state index >= 15 is 0 Å². The van der Waals surface area contributed by atoms with Crippen LogP contribution < -0.4 is 5.32 Å². The molecule has 2 bridgehead atoms. The molecule has 3 fully saturated rings. The van der Waals surface area contributed by atoms with Gasteiger partial charge < -0.3 is 5.32 Å². The second kappa shape index (κ2) is 6.95. The topological polar surface area (TPSA) is 29.1 Å². The van der Waals surface area contributed by atoms with Gasteiger partial charge in [0.05, 0.1) is 4.08 Å². The molecule has 1 aromatic rings. The first-order chi connectivity index (χ1) is 11.7. The van der Waals surface area contributed by atoms with Crippen LogP contribution in [0.15, 0.2) is 24.3 Å². The van der Waals surface area contributed by atoms with Crippen LogP contribution in [-0.2, 0) is 11.2 Å². The molecule has 1 heterocycles. The SMILES string of the molecule is CCc1cccc(NC(=O)C2C[C@H]3CCC[C@@H](C2)C32SCCS2)c1. The maximum atomic E-state index is 12.9. The molecule has 1 aromatic carbocycles. The molecule has 1 aliphatic heterocycles. The van der Waals surface area contributed by atoms with Crippen molar-refractivity contribution >= 4 is 35.1 Å². The van der Waals surface area contributed by atoms with Crippen molar-refractivity contribution in [1.29, 1.82) is 0 Å². The summed E-state index contributed by atoms with van der Waals surface area (Å²) >= 11 is 4.42. The molecule has 1 spiro atoms. The van der Waals surface area contributed by atoms with Crippen LogP contribution in [0.1, 0.15) is 44.6 Å². The Morgan fingerprint density at radius 3 is 2.58 bits per heavy atom. The van der Waals surface area contributed by atoms with E-state index in [1.54, 1.807) is 0 Å². The van der Waals surface area contributed by atoms with E-state index in [1.165, 1.54) is 36.3 Å². The molecule has 2 aliphatic carbocycles. The molecule has 0 aromatic heterocycles. The third kappa shape index (κ3) is 3.01. The molecule has 3 aliphatic rings. The molecular weight excluding hydrogens is 334 g/mol. The van der Waals surface area contributed by atoms with Crippen LogP contribution in [0, 0.1) is 17.8 Å². The summed E-state index contributed by atoms with van der Waals surface area (Å²) in [6, 6.07) is 8.31. The van der Waals surface area contributed by atoms with Gasteiger partial charge in [-0.2, -0.15) is 0 Å². The van der Waals surface area contributed by atoms with E-state index in [-0.39, 0.29) is 11.8 Å². The van der Waals surface area contributed by atoms with Gasteiger partial charge in [0.25, 0.3) is 0 Å². The van der Waals surface area contributed by atoms with E-state index in [0.29, 0.717) is 4.08 Å². The Hall–Kier alpha value is -0.610. The molecule has 1 N–H and O–H groups in total. The van der Waals surface area contributed by atoms with Crippen LogP contribution in [0.5, 0.6) is 0 Å². The van der Waals surface area contributed by atoms with Gasteiger partial charge in [-0.05, 0) is 61.6 Å². The van der Waals surface area contributed by atoms with E-state index in [0.717, 1.165) is 36.8 Å². The first kappa shape index (κ1) is 16.8. The van der Waals surface area contributed by atoms with Gasteiger partial charge in [-0.1, -0.05) is 25.5 Å². The number of amides is 1. The molecule has 3 atom stereocenters. The zero-order chi connectivity index (χ0) is 16.6. The summed E-state index contributed by atoms with van der Waals surface area (Å²) in [7, 11) is 0. The van der Waals surface area contributed by atoms with Crippen molar-refractivity contribution in [3.05, 3.63) is 29.8 Å². The Morgan fingerprint density at radius 2 is 1.92 bits per heavy atom. The van der Waals surface area contributed by atoms with Crippen LogP contribution in [0.2, 0.25) is 0 Å². The number of hydrogen-bond acceptors (Lipinski definition) is 3. The standard InChI is InChI=1S/C20H27NOS2/c1-2-14-5-3-8-18(11-14)21-19(22)15-12-16-6-4-7-17(13-15)20(16)23-9-10-24-20/h3,5,8,11,15-17H,2,4,6-7,9-10,12-13H2,1H3,(H,21,22)/t15?,16-,17+. The van der Waals surface area contributed by atoms with Gasteiger partial charge in [-0.15, -0.1) is 23.5 Å². The summed E-state index contributed by atoms with van der Waals surface area (Å²) in [5.74, 6) is 4.54. The molecule has 1 unspecified atom stereocenters. The van der Waals surface area contributed by atoms with Crippen LogP contribution >= 0.6 is 23.5 Å². The number of carbonyl (C=O) groups is 1. The predicted molar refractivity (Wildman–Crippen MR) is 106 cm³/mol. The summed E-state index contributed by atoms with van der Waals surface area (Å²) in [6.45, 7) is 2.15. The van der Waals surface area contributed by atoms with Gasteiger partial charge in [0.1, 0.15) is 0 Å². The number of hydrogen-bond donors (Lipinski definition) is 1. The first-order valence-corrected chi connectivity index (χ1v) is 11.4. The Kier molecular flexibility index (Phi) is 4.88. The lowest BCUT2D eigenvalue weighted by Gasteiger charge is -2.52. The minimum Gasteiger partial charge on any atom is -0.326 e. The fourth-order valence-electron chi connectivity index (χ4n) is 4.94. The molecule has 2 nitrogen and oxygen atoms in total. The quantitative estimate of drug-likeness (QED) is 0.803. The van der Waals surface area contributed by atoms with Crippen molar-refractivity contribution in [2.24, 2.45) is 17.8 Å². The van der Waals surface area contributed by atoms with Gasteiger partial charge in [-0.3, -0.25) is 4.79 Å². The van der Waals surface area contributed by atoms with Gasteiger partial charge in [0, 0.05) is 23.1 Å². The zero-order valence-electron chi connectivity index (χ0n) is 14.4. The van der Waals surface area contributed by atoms with Crippen LogP contribution in [0.4, 0.5) is 5.69 Å². The van der Waals surface area contributed by atoms with E-state index in [1.807, 2.05) is 12.1 Å². The molecule has 130 valence electrons. The summed E-state index contributed by atoms with van der Waals surface area (Å²) in [5.41, 5.74) is 2.25. The summed E-state index contributed by atoms with van der Waals surface area (Å²) in [5, 5.41) is 3.20. The Bertz CT molecular complexity index is 595. The van der Waals surface area contributed by atoms with Gasteiger partial charge in [0.15, 0.2) is 0 Å². The van der Waals surface area contributed by atoms with Crippen molar-refractivity contribution in [1.82, 2.24) is 0 Å². The fraction of sp³-hybridized carbons (Fsp3) is 0.650. The Morgan fingerprint density at radius 1 is 1.21 bits per heavy atom. The number of aryl methyl sites for hydroxylation is 1. The lowest BCUT2D eigenvalue weighted by atomic mass is 9.67. The van der Waals surface area contributed by atoms with Crippen molar-refractivity contribution < 1.29 is 4.79 Å². The largest absolute Gasteiger partial charge is 0.326 e. The summed E-state index contributed by atoms with van der Waals surface area (Å²) < 4.78 is 0.456. The third-order valence-electron chi connectivity index (χ3n) is 6.09. The number of rotatable bonds is 3. The minimum atomic E-state index is 0.206. The third-order valence-corrected chi connectivity index (χ3v) is 10.1. The molecule has 0 radical (unpaired) electrons. The van der Waals surface area contributed by atoms with E-state index in [9.17, 15) is 4.79 Å². The minimum absolute atomic E-state index is 0.206. The summed E-state index contributed by atoms with van der Waals surface area (Å²) in [6.07, 6.45) is 7.21. The number of benzene rings is 1. The highest BCUT2D eigenvalue weighted by molar-refractivity contribution is 8.21. The van der Waals surface area contributed by atoms with Gasteiger partial charge >= 0.3 is 0 Å². The number of carbonyl (C=O) groups excluding carboxylic acids is 1. The highest BCUT2D eigenvalue weighted by Crippen LogP contribution is 2.64. The first-order valence-electron chi connectivity index (χ1n) is 9.39. The lowest BCUT2D eigenvalue weighted by molar-refractivity contribution is -0.122. The zero-order valence-corrected chi connectivity index (χ0v) is 16.1.